The molecule has 0 aliphatic rings. The molecule has 11 N–H and O–H groups in total. The van der Waals surface area contributed by atoms with E-state index in [1.807, 2.05) is 191 Å². The van der Waals surface area contributed by atoms with Crippen LogP contribution in [0.3, 0.4) is 0 Å². The first-order valence-corrected chi connectivity index (χ1v) is 48.6. The number of rotatable bonds is 14. The second-order valence-corrected chi connectivity index (χ2v) is 37.0. The van der Waals surface area contributed by atoms with E-state index in [2.05, 4.69) is 205 Å². The minimum Gasteiger partial charge on any atom is -0.399 e. The van der Waals surface area contributed by atoms with Gasteiger partial charge in [-0.15, -0.1) is 0 Å². The number of hydrogen-bond donors (Lipinski definition) is 10. The van der Waals surface area contributed by atoms with E-state index in [0.717, 1.165) is 217 Å². The number of para-hydroxylation sites is 5. The summed E-state index contributed by atoms with van der Waals surface area (Å²) in [5, 5.41) is 47.5. The van der Waals surface area contributed by atoms with Crippen LogP contribution in [0.4, 0.5) is 22.7 Å². The van der Waals surface area contributed by atoms with Gasteiger partial charge in [-0.05, 0) is 142 Å². The smallest absolute Gasteiger partial charge is 0.270 e. The minimum absolute atomic E-state index is 0.0113. The number of nitrogens with one attached hydrogen (secondary N) is 9. The van der Waals surface area contributed by atoms with Gasteiger partial charge in [-0.25, -0.2) is 24.9 Å². The van der Waals surface area contributed by atoms with Gasteiger partial charge in [-0.3, -0.25) is 39.7 Å². The standard InChI is InChI=1S/C26H21N3O.C25H21N3.C24H17N5O4.C24H16N4O2.C24H18N4/c1-17-23(21-15-9-10-16-22(21)27-17)26-28-24(19-11-5-3-6-12-19)25(29(26)18(2)30)20-13-7-4-8-14-20;1-16-9-8-12-19(15-16)24-23(18-10-4-3-5-11-18)27-25(28-24)22-17(2)26-21-14-7-6-13-20(21)22;1-14-21(19-4-2-3-5-20(19)25-14)24-26-22(15-6-10-17(11-7-15)28(30)31)23(27-24)16-8-12-18(13-9-16)29(32)33;1-13-21(18-8-4-5-9-20(18)25-13)24-26-22-17-7-3-2-6-15(17)16-11-10-14(28(29)30)12-19(16)23(22)27-24;1-13-21(18-8-4-5-9-20(18)26-13)24-27-22-17-7-3-2-6-15(17)16-11-10-14(25)12-19(16)23(22)28-24/h3-16,27H,1-2H3;3-15,26H,1-2H3,(H,27,28);2-13,25H,1H3,(H,26,27);2-12,25H,1H3,(H,26,27);2-12,26H,25H2,1H3,(H,27,28). The molecule has 0 bridgehead atoms. The second-order valence-electron chi connectivity index (χ2n) is 37.0. The van der Waals surface area contributed by atoms with Crippen LogP contribution in [0.1, 0.15) is 45.8 Å². The predicted octanol–water partition coefficient (Wildman–Crippen LogP) is 31.0. The molecule has 0 amide bonds. The molecule has 0 saturated carbocycles. The first-order chi connectivity index (χ1) is 72.6. The minimum atomic E-state index is -0.452. The molecule has 0 aliphatic carbocycles. The van der Waals surface area contributed by atoms with E-state index >= 15 is 0 Å². The third kappa shape index (κ3) is 17.0. The first kappa shape index (κ1) is 92.4. The molecule has 0 fully saturated rings. The second kappa shape index (κ2) is 38.2. The van der Waals surface area contributed by atoms with Crippen LogP contribution in [-0.4, -0.2) is 95.0 Å². The first-order valence-electron chi connectivity index (χ1n) is 48.6. The van der Waals surface area contributed by atoms with Crippen molar-refractivity contribution in [2.75, 3.05) is 5.73 Å². The Morgan fingerprint density at radius 3 is 1.00 bits per heavy atom. The number of non-ortho nitro benzene ring substituents is 3. The van der Waals surface area contributed by atoms with Crippen LogP contribution >= 0.6 is 0 Å². The normalized spacial score (nSPS) is 11.4. The average molecular weight is 1950 g/mol. The number of aromatic amines is 9. The Kier molecular flexibility index (Phi) is 23.7. The van der Waals surface area contributed by atoms with Gasteiger partial charge in [0.15, 0.2) is 0 Å². The Bertz CT molecular complexity index is 9890. The highest BCUT2D eigenvalue weighted by atomic mass is 16.6. The number of nitrogens with two attached hydrogens (primary N) is 1. The van der Waals surface area contributed by atoms with E-state index in [1.54, 1.807) is 47.9 Å². The van der Waals surface area contributed by atoms with Crippen molar-refractivity contribution in [1.82, 2.24) is 74.3 Å². The lowest BCUT2D eigenvalue weighted by atomic mass is 9.99. The van der Waals surface area contributed by atoms with Gasteiger partial charge in [0, 0.05) is 215 Å². The summed E-state index contributed by atoms with van der Waals surface area (Å²) in [5.74, 6) is 3.75. The zero-order valence-electron chi connectivity index (χ0n) is 81.7. The molecule has 0 atom stereocenters. The number of imidazole rings is 5. The van der Waals surface area contributed by atoms with Crippen molar-refractivity contribution in [1.29, 1.82) is 0 Å². The topological polar surface area (TPSA) is 384 Å². The largest absolute Gasteiger partial charge is 0.399 e. The maximum absolute atomic E-state index is 13.0. The molecular weight excluding hydrogens is 1860 g/mol. The molecule has 0 radical (unpaired) electrons. The molecule has 10 aromatic heterocycles. The summed E-state index contributed by atoms with van der Waals surface area (Å²) in [5.41, 5.74) is 37.9. The van der Waals surface area contributed by atoms with Gasteiger partial charge in [0.2, 0.25) is 5.91 Å². The molecule has 17 aromatic carbocycles. The number of nitro benzene ring substituents is 3. The molecule has 27 rings (SSSR count). The fraction of sp³-hybridized carbons (Fsp3) is 0.0569. The summed E-state index contributed by atoms with van der Waals surface area (Å²) in [7, 11) is 0. The molecule has 0 aliphatic heterocycles. The van der Waals surface area contributed by atoms with E-state index in [1.165, 1.54) is 56.8 Å². The Hall–Kier alpha value is -20.3. The number of H-pyrrole nitrogens is 9. The third-order valence-corrected chi connectivity index (χ3v) is 27.6. The number of nitrogens with zero attached hydrogens (tertiary/aromatic N) is 9. The molecule has 26 nitrogen and oxygen atoms in total. The summed E-state index contributed by atoms with van der Waals surface area (Å²) in [6, 6.07) is 120. The number of nitrogen functional groups attached to an aromatic ring is 1. The van der Waals surface area contributed by atoms with Gasteiger partial charge in [0.05, 0.1) is 71.0 Å². The van der Waals surface area contributed by atoms with E-state index < -0.39 is 9.85 Å². The number of benzene rings is 17. The monoisotopic (exact) mass is 1950 g/mol. The number of hydrogen-bond acceptors (Lipinski definition) is 13. The van der Waals surface area contributed by atoms with Crippen LogP contribution in [0.2, 0.25) is 0 Å². The summed E-state index contributed by atoms with van der Waals surface area (Å²) in [4.78, 5) is 102. The van der Waals surface area contributed by atoms with Gasteiger partial charge >= 0.3 is 0 Å². The highest BCUT2D eigenvalue weighted by Gasteiger charge is 2.30. The number of fused-ring (bicyclic) bond motifs is 17. The van der Waals surface area contributed by atoms with Crippen molar-refractivity contribution in [3.05, 3.63) is 434 Å². The molecule has 10 heterocycles. The van der Waals surface area contributed by atoms with E-state index in [-0.39, 0.29) is 27.9 Å². The van der Waals surface area contributed by atoms with Crippen LogP contribution in [-0.2, 0) is 0 Å². The van der Waals surface area contributed by atoms with E-state index in [9.17, 15) is 35.1 Å². The number of aryl methyl sites for hydroxylation is 6. The van der Waals surface area contributed by atoms with E-state index in [0.29, 0.717) is 34.2 Å². The molecule has 149 heavy (non-hydrogen) atoms. The molecule has 0 unspecified atom stereocenters. The molecule has 722 valence electrons. The van der Waals surface area contributed by atoms with Gasteiger partial charge in [-0.1, -0.05) is 260 Å². The van der Waals surface area contributed by atoms with Crippen molar-refractivity contribution < 1.29 is 19.6 Å². The number of aromatic nitrogens is 15. The summed E-state index contributed by atoms with van der Waals surface area (Å²) in [6.45, 7) is 13.9. The van der Waals surface area contributed by atoms with Crippen LogP contribution in [0.15, 0.2) is 370 Å². The quantitative estimate of drug-likeness (QED) is 0.0210. The zero-order valence-corrected chi connectivity index (χ0v) is 81.7. The lowest BCUT2D eigenvalue weighted by molar-refractivity contribution is -0.385. The van der Waals surface area contributed by atoms with Crippen LogP contribution in [0.25, 0.3) is 244 Å². The summed E-state index contributed by atoms with van der Waals surface area (Å²) < 4.78 is 1.75. The van der Waals surface area contributed by atoms with Gasteiger partial charge in [0.1, 0.15) is 29.1 Å². The maximum Gasteiger partial charge on any atom is 0.270 e. The average Bonchev–Trinajstić information content (AvgIpc) is 1.61. The van der Waals surface area contributed by atoms with E-state index in [4.69, 9.17) is 30.7 Å². The number of carbonyl (C=O) groups is 1. The summed E-state index contributed by atoms with van der Waals surface area (Å²) >= 11 is 0. The van der Waals surface area contributed by atoms with Crippen molar-refractivity contribution in [3.63, 3.8) is 0 Å². The third-order valence-electron chi connectivity index (χ3n) is 27.6. The van der Waals surface area contributed by atoms with Gasteiger partial charge < -0.3 is 50.6 Å². The number of nitro groups is 3. The molecule has 0 spiro atoms. The highest BCUT2D eigenvalue weighted by Crippen LogP contribution is 2.47. The fourth-order valence-electron chi connectivity index (χ4n) is 20.9. The molecule has 27 aromatic rings. The maximum atomic E-state index is 13.0. The van der Waals surface area contributed by atoms with Crippen molar-refractivity contribution in [2.45, 2.75) is 48.5 Å². The van der Waals surface area contributed by atoms with Gasteiger partial charge in [-0.2, -0.15) is 0 Å². The Morgan fingerprint density at radius 1 is 0.268 bits per heavy atom. The number of carbonyl (C=O) groups excluding carboxylic acids is 1. The van der Waals surface area contributed by atoms with Crippen LogP contribution in [0, 0.1) is 71.9 Å². The summed E-state index contributed by atoms with van der Waals surface area (Å²) in [6.07, 6.45) is 0. The predicted molar refractivity (Wildman–Crippen MR) is 600 cm³/mol. The Labute approximate surface area is 850 Å². The van der Waals surface area contributed by atoms with Crippen molar-refractivity contribution >= 4 is 148 Å². The number of anilines is 1. The van der Waals surface area contributed by atoms with Crippen LogP contribution < -0.4 is 5.73 Å². The molecule has 0 saturated heterocycles. The molecular formula is C123H93N19O7. The van der Waals surface area contributed by atoms with Crippen molar-refractivity contribution in [3.8, 4) is 124 Å². The molecule has 26 heteroatoms. The Morgan fingerprint density at radius 2 is 0.584 bits per heavy atom. The lowest BCUT2D eigenvalue weighted by Crippen LogP contribution is -2.09. The Balaban J connectivity index is 0.000000102. The van der Waals surface area contributed by atoms with Crippen LogP contribution in [0.5, 0.6) is 0 Å². The van der Waals surface area contributed by atoms with Gasteiger partial charge in [0.25, 0.3) is 17.1 Å². The van der Waals surface area contributed by atoms with Crippen molar-refractivity contribution in [2.24, 2.45) is 0 Å². The SMILES string of the molecule is CC(=O)n1c(-c2c(C)[nH]c3ccccc23)nc(-c2ccccc2)c1-c1ccccc1.Cc1[nH]c2ccccc2c1-c1nc(-c2ccc([N+](=O)[O-])cc2)c(-c2ccc([N+](=O)[O-])cc2)[nH]1.Cc1[nH]c2ccccc2c1-c1nc2c3cc(N)ccc3c3ccccc3c2[nH]1.Cc1[nH]c2ccccc2c1-c1nc2c3cc([N+](=O)[O-])ccc3c3ccccc3c2[nH]1.Cc1cccc(-c2nc(-c3c(C)[nH]c4ccccc34)[nH]c2-c2ccccc2)c1. The highest BCUT2D eigenvalue weighted by molar-refractivity contribution is 6.26. The fourth-order valence-corrected chi connectivity index (χ4v) is 20.9. The lowest BCUT2D eigenvalue weighted by Gasteiger charge is -2.10. The zero-order chi connectivity index (χ0) is 102.